The van der Waals surface area contributed by atoms with Gasteiger partial charge in [0.25, 0.3) is 0 Å². The molecule has 1 N–H and O–H groups in total. The Kier molecular flexibility index (Phi) is 9.31. The van der Waals surface area contributed by atoms with Gasteiger partial charge in [0.1, 0.15) is 0 Å². The van der Waals surface area contributed by atoms with Gasteiger partial charge in [0, 0.05) is 13.1 Å². The highest BCUT2D eigenvalue weighted by atomic mass is 16.5. The van der Waals surface area contributed by atoms with Crippen molar-refractivity contribution in [3.05, 3.63) is 35.4 Å². The number of nitrogens with one attached hydrogen (secondary N) is 1. The lowest BCUT2D eigenvalue weighted by Gasteiger charge is -2.17. The van der Waals surface area contributed by atoms with E-state index < -0.39 is 0 Å². The van der Waals surface area contributed by atoms with Crippen LogP contribution >= 0.6 is 0 Å². The minimum absolute atomic E-state index is 0.698. The number of hydrogen-bond acceptors (Lipinski definition) is 3. The minimum Gasteiger partial charge on any atom is -0.375 e. The number of hydrogen-bond donors (Lipinski definition) is 1. The van der Waals surface area contributed by atoms with Crippen molar-refractivity contribution in [2.45, 2.75) is 40.8 Å². The van der Waals surface area contributed by atoms with Gasteiger partial charge in [-0.1, -0.05) is 52.0 Å². The first-order chi connectivity index (χ1) is 10.2. The second kappa shape index (κ2) is 10.8. The molecule has 1 rings (SSSR count). The topological polar surface area (TPSA) is 24.5 Å². The van der Waals surface area contributed by atoms with E-state index in [1.54, 1.807) is 0 Å². The first-order valence-corrected chi connectivity index (χ1v) is 8.24. The lowest BCUT2D eigenvalue weighted by atomic mass is 10.1. The molecule has 0 heterocycles. The maximum absolute atomic E-state index is 5.75. The second-order valence-corrected chi connectivity index (χ2v) is 5.92. The van der Waals surface area contributed by atoms with Crippen molar-refractivity contribution in [1.82, 2.24) is 10.2 Å². The summed E-state index contributed by atoms with van der Waals surface area (Å²) in [5, 5.41) is 3.46. The molecular formula is C18H32N2O. The summed E-state index contributed by atoms with van der Waals surface area (Å²) in [7, 11) is 0. The summed E-state index contributed by atoms with van der Waals surface area (Å²) in [5.41, 5.74) is 2.59. The van der Waals surface area contributed by atoms with Gasteiger partial charge in [-0.05, 0) is 36.7 Å². The SMILES string of the molecule is CCN(CC)CCOCc1ccc(CNCC(C)C)cc1. The van der Waals surface area contributed by atoms with Crippen LogP contribution in [0.4, 0.5) is 0 Å². The Balaban J connectivity index is 2.21. The molecule has 0 spiro atoms. The zero-order chi connectivity index (χ0) is 15.5. The maximum atomic E-state index is 5.75. The van der Waals surface area contributed by atoms with Crippen molar-refractivity contribution in [2.75, 3.05) is 32.8 Å². The van der Waals surface area contributed by atoms with E-state index in [4.69, 9.17) is 4.74 Å². The Morgan fingerprint density at radius 3 is 2.24 bits per heavy atom. The van der Waals surface area contributed by atoms with Crippen LogP contribution in [0.5, 0.6) is 0 Å². The molecule has 21 heavy (non-hydrogen) atoms. The average Bonchev–Trinajstić information content (AvgIpc) is 2.48. The van der Waals surface area contributed by atoms with Crippen molar-refractivity contribution >= 4 is 0 Å². The molecule has 0 fully saturated rings. The van der Waals surface area contributed by atoms with Gasteiger partial charge >= 0.3 is 0 Å². The van der Waals surface area contributed by atoms with Crippen LogP contribution < -0.4 is 5.32 Å². The first kappa shape index (κ1) is 18.1. The number of nitrogens with zero attached hydrogens (tertiary/aromatic N) is 1. The molecule has 0 saturated carbocycles. The molecule has 0 aliphatic heterocycles. The minimum atomic E-state index is 0.698. The molecule has 1 aromatic rings. The number of benzene rings is 1. The fourth-order valence-electron chi connectivity index (χ4n) is 2.18. The van der Waals surface area contributed by atoms with Gasteiger partial charge in [0.15, 0.2) is 0 Å². The predicted molar refractivity (Wildman–Crippen MR) is 90.4 cm³/mol. The van der Waals surface area contributed by atoms with E-state index in [1.165, 1.54) is 11.1 Å². The summed E-state index contributed by atoms with van der Waals surface area (Å²) in [6.45, 7) is 15.6. The molecule has 120 valence electrons. The molecule has 3 nitrogen and oxygen atoms in total. The van der Waals surface area contributed by atoms with Crippen LogP contribution in [0.15, 0.2) is 24.3 Å². The van der Waals surface area contributed by atoms with Crippen molar-refractivity contribution in [3.63, 3.8) is 0 Å². The van der Waals surface area contributed by atoms with Gasteiger partial charge in [-0.15, -0.1) is 0 Å². The van der Waals surface area contributed by atoms with Crippen molar-refractivity contribution in [2.24, 2.45) is 5.92 Å². The molecule has 0 saturated heterocycles. The summed E-state index contributed by atoms with van der Waals surface area (Å²) < 4.78 is 5.75. The number of rotatable bonds is 11. The van der Waals surface area contributed by atoms with Gasteiger partial charge in [0.2, 0.25) is 0 Å². The zero-order valence-electron chi connectivity index (χ0n) is 14.2. The molecule has 0 bridgehead atoms. The van der Waals surface area contributed by atoms with E-state index in [9.17, 15) is 0 Å². The maximum Gasteiger partial charge on any atom is 0.0717 e. The highest BCUT2D eigenvalue weighted by Gasteiger charge is 2.00. The van der Waals surface area contributed by atoms with Crippen molar-refractivity contribution < 1.29 is 4.74 Å². The smallest absolute Gasteiger partial charge is 0.0717 e. The van der Waals surface area contributed by atoms with Gasteiger partial charge in [0.05, 0.1) is 13.2 Å². The standard InChI is InChI=1S/C18H32N2O/c1-5-20(6-2)11-12-21-15-18-9-7-17(8-10-18)14-19-13-16(3)4/h7-10,16,19H,5-6,11-15H2,1-4H3. The Hall–Kier alpha value is -0.900. The summed E-state index contributed by atoms with van der Waals surface area (Å²) in [6.07, 6.45) is 0. The van der Waals surface area contributed by atoms with E-state index in [-0.39, 0.29) is 0 Å². The third-order valence-corrected chi connectivity index (χ3v) is 3.62. The second-order valence-electron chi connectivity index (χ2n) is 5.92. The van der Waals surface area contributed by atoms with Crippen LogP contribution in [-0.4, -0.2) is 37.7 Å². The molecule has 0 aromatic heterocycles. The molecule has 0 radical (unpaired) electrons. The molecule has 0 unspecified atom stereocenters. The Morgan fingerprint density at radius 1 is 1.05 bits per heavy atom. The molecule has 0 atom stereocenters. The van der Waals surface area contributed by atoms with Gasteiger partial charge in [-0.25, -0.2) is 0 Å². The van der Waals surface area contributed by atoms with E-state index in [1.807, 2.05) is 0 Å². The zero-order valence-corrected chi connectivity index (χ0v) is 14.2. The highest BCUT2D eigenvalue weighted by Crippen LogP contribution is 2.06. The normalized spacial score (nSPS) is 11.5. The summed E-state index contributed by atoms with van der Waals surface area (Å²) in [6, 6.07) is 8.72. The van der Waals surface area contributed by atoms with Crippen LogP contribution in [0.1, 0.15) is 38.8 Å². The van der Waals surface area contributed by atoms with Gasteiger partial charge in [-0.3, -0.25) is 0 Å². The molecule has 3 heteroatoms. The summed E-state index contributed by atoms with van der Waals surface area (Å²) in [4.78, 5) is 2.38. The molecule has 0 amide bonds. The Bertz CT molecular complexity index is 358. The van der Waals surface area contributed by atoms with E-state index in [2.05, 4.69) is 62.2 Å². The fraction of sp³-hybridized carbons (Fsp3) is 0.667. The highest BCUT2D eigenvalue weighted by molar-refractivity contribution is 5.21. The third-order valence-electron chi connectivity index (χ3n) is 3.62. The van der Waals surface area contributed by atoms with E-state index in [0.717, 1.165) is 39.3 Å². The number of ether oxygens (including phenoxy) is 1. The predicted octanol–water partition coefficient (Wildman–Crippen LogP) is 3.29. The number of likely N-dealkylation sites (N-methyl/N-ethyl adjacent to an activating group) is 1. The lowest BCUT2D eigenvalue weighted by molar-refractivity contribution is 0.0956. The van der Waals surface area contributed by atoms with Crippen LogP contribution in [0.3, 0.4) is 0 Å². The molecular weight excluding hydrogens is 260 g/mol. The average molecular weight is 292 g/mol. The van der Waals surface area contributed by atoms with E-state index in [0.29, 0.717) is 12.5 Å². The summed E-state index contributed by atoms with van der Waals surface area (Å²) in [5.74, 6) is 0.698. The molecule has 0 aliphatic carbocycles. The largest absolute Gasteiger partial charge is 0.375 e. The fourth-order valence-corrected chi connectivity index (χ4v) is 2.18. The lowest BCUT2D eigenvalue weighted by Crippen LogP contribution is -2.26. The Labute approximate surface area is 130 Å². The van der Waals surface area contributed by atoms with Crippen LogP contribution in [0, 0.1) is 5.92 Å². The van der Waals surface area contributed by atoms with Gasteiger partial charge in [-0.2, -0.15) is 0 Å². The Morgan fingerprint density at radius 2 is 1.67 bits per heavy atom. The van der Waals surface area contributed by atoms with E-state index >= 15 is 0 Å². The van der Waals surface area contributed by atoms with Crippen LogP contribution in [-0.2, 0) is 17.9 Å². The quantitative estimate of drug-likeness (QED) is 0.633. The van der Waals surface area contributed by atoms with Gasteiger partial charge < -0.3 is 15.0 Å². The van der Waals surface area contributed by atoms with Crippen LogP contribution in [0.2, 0.25) is 0 Å². The van der Waals surface area contributed by atoms with Crippen molar-refractivity contribution in [3.8, 4) is 0 Å². The molecule has 1 aromatic carbocycles. The third kappa shape index (κ3) is 8.20. The van der Waals surface area contributed by atoms with Crippen LogP contribution in [0.25, 0.3) is 0 Å². The molecule has 0 aliphatic rings. The van der Waals surface area contributed by atoms with Crippen molar-refractivity contribution in [1.29, 1.82) is 0 Å². The monoisotopic (exact) mass is 292 g/mol. The first-order valence-electron chi connectivity index (χ1n) is 8.24. The summed E-state index contributed by atoms with van der Waals surface area (Å²) >= 11 is 0.